The van der Waals surface area contributed by atoms with Crippen molar-refractivity contribution in [3.63, 3.8) is 0 Å². The van der Waals surface area contributed by atoms with Gasteiger partial charge in [0.25, 0.3) is 11.8 Å². The van der Waals surface area contributed by atoms with E-state index >= 15 is 0 Å². The molecule has 10 nitrogen and oxygen atoms in total. The van der Waals surface area contributed by atoms with Crippen LogP contribution in [-0.4, -0.2) is 56.3 Å². The molecular weight excluding hydrogens is 582 g/mol. The second kappa shape index (κ2) is 14.9. The minimum absolute atomic E-state index is 0.0962. The summed E-state index contributed by atoms with van der Waals surface area (Å²) in [5.74, 6) is -2.73. The first-order valence-electron chi connectivity index (χ1n) is 15.3. The summed E-state index contributed by atoms with van der Waals surface area (Å²) in [5, 5.41) is 18.1. The molecule has 2 heterocycles. The van der Waals surface area contributed by atoms with Crippen LogP contribution in [0.3, 0.4) is 0 Å². The van der Waals surface area contributed by atoms with E-state index in [2.05, 4.69) is 20.6 Å². The van der Waals surface area contributed by atoms with Gasteiger partial charge in [-0.25, -0.2) is 4.98 Å². The van der Waals surface area contributed by atoms with Crippen LogP contribution in [0.4, 0.5) is 0 Å². The van der Waals surface area contributed by atoms with Crippen molar-refractivity contribution in [2.45, 2.75) is 71.1 Å². The molecule has 3 unspecified atom stereocenters. The molecule has 0 bridgehead atoms. The number of pyridine rings is 2. The number of nitrogens with two attached hydrogens (primary N) is 1. The average molecular weight is 624 g/mol. The summed E-state index contributed by atoms with van der Waals surface area (Å²) in [6.07, 6.45) is 2.04. The first-order valence-corrected chi connectivity index (χ1v) is 15.3. The van der Waals surface area contributed by atoms with Crippen LogP contribution in [0, 0.1) is 12.8 Å². The molecule has 3 amide bonds. The lowest BCUT2D eigenvalue weighted by Gasteiger charge is -2.26. The Hall–Kier alpha value is -4.96. The molecule has 0 aliphatic rings. The molecule has 2 aromatic carbocycles. The van der Waals surface area contributed by atoms with Crippen LogP contribution in [0.2, 0.25) is 0 Å². The number of aliphatic hydroxyl groups is 1. The van der Waals surface area contributed by atoms with E-state index in [0.29, 0.717) is 28.6 Å². The van der Waals surface area contributed by atoms with Gasteiger partial charge in [-0.1, -0.05) is 42.5 Å². The number of aliphatic hydroxyl groups excluding tert-OH is 1. The molecule has 4 rings (SSSR count). The second-order valence-electron chi connectivity index (χ2n) is 12.7. The number of nitrogens with zero attached hydrogens (tertiary/aromatic N) is 2. The number of benzene rings is 2. The predicted molar refractivity (Wildman–Crippen MR) is 176 cm³/mol. The lowest BCUT2D eigenvalue weighted by molar-refractivity contribution is -0.126. The first kappa shape index (κ1) is 33.9. The van der Waals surface area contributed by atoms with Crippen molar-refractivity contribution < 1.29 is 24.3 Å². The van der Waals surface area contributed by atoms with Gasteiger partial charge in [0.15, 0.2) is 5.78 Å². The number of amides is 3. The quantitative estimate of drug-likeness (QED) is 0.176. The number of hydrogen-bond donors (Lipinski definition) is 4. The third-order valence-corrected chi connectivity index (χ3v) is 7.64. The number of aromatic nitrogens is 2. The van der Waals surface area contributed by atoms with E-state index in [9.17, 15) is 24.3 Å². The van der Waals surface area contributed by atoms with Crippen LogP contribution in [-0.2, 0) is 22.4 Å². The van der Waals surface area contributed by atoms with Crippen molar-refractivity contribution in [3.05, 3.63) is 107 Å². The third kappa shape index (κ3) is 9.28. The van der Waals surface area contributed by atoms with Gasteiger partial charge in [0, 0.05) is 35.3 Å². The summed E-state index contributed by atoms with van der Waals surface area (Å²) in [6, 6.07) is 18.6. The fourth-order valence-corrected chi connectivity index (χ4v) is 5.41. The molecule has 0 aliphatic carbocycles. The zero-order valence-corrected chi connectivity index (χ0v) is 26.6. The Balaban J connectivity index is 1.58. The molecule has 5 N–H and O–H groups in total. The van der Waals surface area contributed by atoms with Gasteiger partial charge in [-0.05, 0) is 87.4 Å². The summed E-state index contributed by atoms with van der Waals surface area (Å²) < 4.78 is 0. The minimum atomic E-state index is -1.23. The lowest BCUT2D eigenvalue weighted by Crippen LogP contribution is -2.45. The number of rotatable bonds is 13. The summed E-state index contributed by atoms with van der Waals surface area (Å²) >= 11 is 0. The van der Waals surface area contributed by atoms with Crippen LogP contribution >= 0.6 is 0 Å². The molecule has 0 saturated carbocycles. The van der Waals surface area contributed by atoms with Crippen molar-refractivity contribution in [2.75, 3.05) is 0 Å². The molecule has 240 valence electrons. The van der Waals surface area contributed by atoms with Crippen LogP contribution < -0.4 is 16.4 Å². The molecule has 0 saturated heterocycles. The van der Waals surface area contributed by atoms with Crippen molar-refractivity contribution in [3.8, 4) is 0 Å². The molecule has 10 heteroatoms. The zero-order chi connectivity index (χ0) is 33.4. The molecule has 0 fully saturated rings. The normalized spacial score (nSPS) is 13.4. The number of aryl methyl sites for hydroxylation is 1. The van der Waals surface area contributed by atoms with E-state index in [1.165, 1.54) is 0 Å². The highest BCUT2D eigenvalue weighted by molar-refractivity contribution is 6.00. The number of primary amides is 1. The van der Waals surface area contributed by atoms with Gasteiger partial charge in [0.1, 0.15) is 5.69 Å². The standard InChI is InChI=1S/C36H41N5O5/c1-22-16-25-12-6-8-14-28(25)39-33(22)35(46)40-29(20-32(37)44)31(43)19-26(17-23-10-9-15-38-21-23)30(42)18-24-11-5-7-13-27(24)34(45)41-36(2,3)4/h5-16,21,26,29-30,42H,17-20H2,1-4H3,(H2,37,44)(H,40,46)(H,41,45). The fourth-order valence-electron chi connectivity index (χ4n) is 5.41. The zero-order valence-electron chi connectivity index (χ0n) is 26.6. The maximum absolute atomic E-state index is 13.8. The summed E-state index contributed by atoms with van der Waals surface area (Å²) in [4.78, 5) is 60.9. The molecule has 0 aliphatic heterocycles. The monoisotopic (exact) mass is 623 g/mol. The Morgan fingerprint density at radius 2 is 1.63 bits per heavy atom. The minimum Gasteiger partial charge on any atom is -0.392 e. The fraction of sp³-hybridized carbons (Fsp3) is 0.333. The number of ketones is 1. The smallest absolute Gasteiger partial charge is 0.270 e. The number of Topliss-reactive ketones (excluding diaryl/α,β-unsaturated/α-hetero) is 1. The largest absolute Gasteiger partial charge is 0.392 e. The van der Waals surface area contributed by atoms with E-state index < -0.39 is 47.6 Å². The van der Waals surface area contributed by atoms with Gasteiger partial charge < -0.3 is 21.5 Å². The van der Waals surface area contributed by atoms with Crippen molar-refractivity contribution >= 4 is 34.4 Å². The SMILES string of the molecule is Cc1cc2ccccc2nc1C(=O)NC(CC(N)=O)C(=O)CC(Cc1cccnc1)C(O)Cc1ccccc1C(=O)NC(C)(C)C. The number of nitrogens with one attached hydrogen (secondary N) is 2. The topological polar surface area (TPSA) is 164 Å². The predicted octanol–water partition coefficient (Wildman–Crippen LogP) is 3.86. The van der Waals surface area contributed by atoms with Gasteiger partial charge in [0.2, 0.25) is 5.91 Å². The van der Waals surface area contributed by atoms with Gasteiger partial charge in [-0.2, -0.15) is 0 Å². The van der Waals surface area contributed by atoms with Crippen LogP contribution in [0.25, 0.3) is 10.9 Å². The highest BCUT2D eigenvalue weighted by atomic mass is 16.3. The molecular formula is C36H41N5O5. The van der Waals surface area contributed by atoms with Crippen LogP contribution in [0.15, 0.2) is 79.1 Å². The van der Waals surface area contributed by atoms with Crippen molar-refractivity contribution in [2.24, 2.45) is 11.7 Å². The average Bonchev–Trinajstić information content (AvgIpc) is 2.99. The van der Waals surface area contributed by atoms with E-state index in [1.54, 1.807) is 55.7 Å². The summed E-state index contributed by atoms with van der Waals surface area (Å²) in [7, 11) is 0. The highest BCUT2D eigenvalue weighted by Gasteiger charge is 2.31. The van der Waals surface area contributed by atoms with E-state index in [1.807, 2.05) is 51.1 Å². The maximum atomic E-state index is 13.8. The number of para-hydroxylation sites is 1. The Morgan fingerprint density at radius 1 is 0.913 bits per heavy atom. The van der Waals surface area contributed by atoms with E-state index in [4.69, 9.17) is 5.73 Å². The van der Waals surface area contributed by atoms with Gasteiger partial charge in [-0.15, -0.1) is 0 Å². The summed E-state index contributed by atoms with van der Waals surface area (Å²) in [5.41, 5.74) is 8.26. The Kier molecular flexibility index (Phi) is 11.0. The molecule has 46 heavy (non-hydrogen) atoms. The van der Waals surface area contributed by atoms with Gasteiger partial charge >= 0.3 is 0 Å². The molecule has 0 spiro atoms. The maximum Gasteiger partial charge on any atom is 0.270 e. The van der Waals surface area contributed by atoms with Gasteiger partial charge in [0.05, 0.1) is 24.1 Å². The molecule has 0 radical (unpaired) electrons. The Morgan fingerprint density at radius 3 is 2.33 bits per heavy atom. The number of fused-ring (bicyclic) bond motifs is 1. The second-order valence-corrected chi connectivity index (χ2v) is 12.7. The third-order valence-electron chi connectivity index (χ3n) is 7.64. The Labute approximate surface area is 268 Å². The molecule has 2 aromatic heterocycles. The molecule has 4 aromatic rings. The first-order chi connectivity index (χ1) is 21.8. The van der Waals surface area contributed by atoms with Crippen LogP contribution in [0.1, 0.15) is 71.1 Å². The van der Waals surface area contributed by atoms with Crippen molar-refractivity contribution in [1.82, 2.24) is 20.6 Å². The number of carbonyl (C=O) groups excluding carboxylic acids is 4. The number of hydrogen-bond acceptors (Lipinski definition) is 7. The number of carbonyl (C=O) groups is 4. The van der Waals surface area contributed by atoms with Gasteiger partial charge in [-0.3, -0.25) is 24.2 Å². The van der Waals surface area contributed by atoms with Crippen LogP contribution in [0.5, 0.6) is 0 Å². The molecule has 3 atom stereocenters. The van der Waals surface area contributed by atoms with E-state index in [0.717, 1.165) is 10.9 Å². The Bertz CT molecular complexity index is 1720. The van der Waals surface area contributed by atoms with E-state index in [-0.39, 0.29) is 24.4 Å². The van der Waals surface area contributed by atoms with Crippen molar-refractivity contribution in [1.29, 1.82) is 0 Å². The lowest BCUT2D eigenvalue weighted by atomic mass is 9.84. The summed E-state index contributed by atoms with van der Waals surface area (Å²) in [6.45, 7) is 7.41. The highest BCUT2D eigenvalue weighted by Crippen LogP contribution is 2.23.